The Balaban J connectivity index is 1.98. The molecule has 0 amide bonds. The molecule has 0 aliphatic heterocycles. The topological polar surface area (TPSA) is 17.1 Å². The summed E-state index contributed by atoms with van der Waals surface area (Å²) < 4.78 is 0. The highest BCUT2D eigenvalue weighted by Crippen LogP contribution is 2.10. The zero-order chi connectivity index (χ0) is 13.5. The van der Waals surface area contributed by atoms with Gasteiger partial charge in [-0.25, -0.2) is 0 Å². The Morgan fingerprint density at radius 2 is 1.32 bits per heavy atom. The normalized spacial score (nSPS) is 11.2. The van der Waals surface area contributed by atoms with Crippen LogP contribution in [0.5, 0.6) is 0 Å². The molecule has 1 nitrogen and oxygen atoms in total. The standard InChI is InChI=1S/C17H13ClO/c18-16-10-6-15(7-11-16)9-13-17(19)12-8-14-4-2-1-3-5-14/h1-13H. The Labute approximate surface area is 117 Å². The summed E-state index contributed by atoms with van der Waals surface area (Å²) in [4.78, 5) is 11.7. The van der Waals surface area contributed by atoms with Gasteiger partial charge in [0.1, 0.15) is 0 Å². The summed E-state index contributed by atoms with van der Waals surface area (Å²) in [5.74, 6) is -0.0428. The van der Waals surface area contributed by atoms with Crippen LogP contribution in [-0.4, -0.2) is 5.78 Å². The number of hydrogen-bond acceptors (Lipinski definition) is 1. The predicted octanol–water partition coefficient (Wildman–Crippen LogP) is 4.64. The van der Waals surface area contributed by atoms with E-state index in [1.807, 2.05) is 42.5 Å². The van der Waals surface area contributed by atoms with Crippen LogP contribution in [0.25, 0.3) is 12.2 Å². The van der Waals surface area contributed by atoms with E-state index in [0.717, 1.165) is 11.1 Å². The fourth-order valence-electron chi connectivity index (χ4n) is 1.55. The van der Waals surface area contributed by atoms with Crippen molar-refractivity contribution in [2.75, 3.05) is 0 Å². The van der Waals surface area contributed by atoms with E-state index in [9.17, 15) is 4.79 Å². The van der Waals surface area contributed by atoms with Gasteiger partial charge in [0.15, 0.2) is 5.78 Å². The van der Waals surface area contributed by atoms with Crippen molar-refractivity contribution in [3.05, 3.63) is 82.9 Å². The molecule has 2 aromatic carbocycles. The van der Waals surface area contributed by atoms with Gasteiger partial charge in [0.2, 0.25) is 0 Å². The van der Waals surface area contributed by atoms with E-state index in [-0.39, 0.29) is 5.78 Å². The summed E-state index contributed by atoms with van der Waals surface area (Å²) in [5.41, 5.74) is 1.96. The van der Waals surface area contributed by atoms with Crippen molar-refractivity contribution in [1.29, 1.82) is 0 Å². The van der Waals surface area contributed by atoms with Gasteiger partial charge in [-0.1, -0.05) is 66.2 Å². The molecular weight excluding hydrogens is 256 g/mol. The highest BCUT2D eigenvalue weighted by atomic mass is 35.5. The second kappa shape index (κ2) is 6.72. The molecule has 0 atom stereocenters. The van der Waals surface area contributed by atoms with Crippen LogP contribution in [-0.2, 0) is 4.79 Å². The molecule has 0 radical (unpaired) electrons. The van der Waals surface area contributed by atoms with Crippen molar-refractivity contribution in [1.82, 2.24) is 0 Å². The first kappa shape index (κ1) is 13.3. The molecule has 2 aromatic rings. The summed E-state index contributed by atoms with van der Waals surface area (Å²) in [6, 6.07) is 17.1. The van der Waals surface area contributed by atoms with E-state index in [2.05, 4.69) is 0 Å². The molecule has 0 N–H and O–H groups in total. The van der Waals surface area contributed by atoms with Gasteiger partial charge in [-0.15, -0.1) is 0 Å². The fraction of sp³-hybridized carbons (Fsp3) is 0. The summed E-state index contributed by atoms with van der Waals surface area (Å²) in [6.07, 6.45) is 6.67. The Morgan fingerprint density at radius 3 is 1.89 bits per heavy atom. The van der Waals surface area contributed by atoms with Crippen molar-refractivity contribution >= 4 is 29.5 Å². The molecule has 19 heavy (non-hydrogen) atoms. The zero-order valence-electron chi connectivity index (χ0n) is 10.3. The van der Waals surface area contributed by atoms with Crippen molar-refractivity contribution in [3.63, 3.8) is 0 Å². The molecule has 0 bridgehead atoms. The van der Waals surface area contributed by atoms with Crippen molar-refractivity contribution in [2.24, 2.45) is 0 Å². The van der Waals surface area contributed by atoms with E-state index in [1.54, 1.807) is 36.4 Å². The van der Waals surface area contributed by atoms with E-state index >= 15 is 0 Å². The monoisotopic (exact) mass is 268 g/mol. The largest absolute Gasteiger partial charge is 0.290 e. The van der Waals surface area contributed by atoms with Crippen molar-refractivity contribution < 1.29 is 4.79 Å². The quantitative estimate of drug-likeness (QED) is 0.739. The zero-order valence-corrected chi connectivity index (χ0v) is 11.0. The molecule has 0 spiro atoms. The molecule has 0 aliphatic rings. The second-order valence-electron chi connectivity index (χ2n) is 4.03. The molecule has 0 saturated heterocycles. The van der Waals surface area contributed by atoms with Crippen molar-refractivity contribution in [2.45, 2.75) is 0 Å². The van der Waals surface area contributed by atoms with Gasteiger partial charge in [0.25, 0.3) is 0 Å². The smallest absolute Gasteiger partial charge is 0.178 e. The molecule has 0 unspecified atom stereocenters. The number of rotatable bonds is 4. The SMILES string of the molecule is O=C(C=Cc1ccccc1)C=Cc1ccc(Cl)cc1. The van der Waals surface area contributed by atoms with Crippen LogP contribution in [0.15, 0.2) is 66.7 Å². The molecule has 0 aliphatic carbocycles. The van der Waals surface area contributed by atoms with Gasteiger partial charge >= 0.3 is 0 Å². The van der Waals surface area contributed by atoms with E-state index in [4.69, 9.17) is 11.6 Å². The third kappa shape index (κ3) is 4.57. The summed E-state index contributed by atoms with van der Waals surface area (Å²) in [6.45, 7) is 0. The van der Waals surface area contributed by atoms with Crippen LogP contribution in [0, 0.1) is 0 Å². The summed E-state index contributed by atoms with van der Waals surface area (Å²) in [5, 5.41) is 0.687. The number of benzene rings is 2. The minimum Gasteiger partial charge on any atom is -0.290 e. The lowest BCUT2D eigenvalue weighted by atomic mass is 10.1. The van der Waals surface area contributed by atoms with Gasteiger partial charge in [-0.2, -0.15) is 0 Å². The molecule has 94 valence electrons. The molecule has 0 fully saturated rings. The first-order valence-corrected chi connectivity index (χ1v) is 6.32. The highest BCUT2D eigenvalue weighted by molar-refractivity contribution is 6.30. The maximum absolute atomic E-state index is 11.7. The van der Waals surface area contributed by atoms with Gasteiger partial charge in [0.05, 0.1) is 0 Å². The number of carbonyl (C=O) groups is 1. The number of carbonyl (C=O) groups excluding carboxylic acids is 1. The number of ketones is 1. The first-order chi connectivity index (χ1) is 9.24. The summed E-state index contributed by atoms with van der Waals surface area (Å²) >= 11 is 5.79. The Bertz CT molecular complexity index is 595. The molecule has 2 rings (SSSR count). The lowest BCUT2D eigenvalue weighted by Gasteiger charge is -1.93. The Morgan fingerprint density at radius 1 is 0.789 bits per heavy atom. The maximum atomic E-state index is 11.7. The van der Waals surface area contributed by atoms with Crippen LogP contribution in [0.3, 0.4) is 0 Å². The average molecular weight is 269 g/mol. The van der Waals surface area contributed by atoms with Gasteiger partial charge in [-0.3, -0.25) is 4.79 Å². The fourth-order valence-corrected chi connectivity index (χ4v) is 1.68. The first-order valence-electron chi connectivity index (χ1n) is 5.95. The minimum absolute atomic E-state index is 0.0428. The van der Waals surface area contributed by atoms with E-state index < -0.39 is 0 Å². The summed E-state index contributed by atoms with van der Waals surface area (Å²) in [7, 11) is 0. The Kier molecular flexibility index (Phi) is 4.71. The molecular formula is C17H13ClO. The predicted molar refractivity (Wildman–Crippen MR) is 81.0 cm³/mol. The van der Waals surface area contributed by atoms with E-state index in [1.165, 1.54) is 0 Å². The molecule has 0 saturated carbocycles. The van der Waals surface area contributed by atoms with Gasteiger partial charge in [-0.05, 0) is 35.4 Å². The van der Waals surface area contributed by atoms with Crippen LogP contribution >= 0.6 is 11.6 Å². The second-order valence-corrected chi connectivity index (χ2v) is 4.47. The van der Waals surface area contributed by atoms with Gasteiger partial charge in [0, 0.05) is 5.02 Å². The van der Waals surface area contributed by atoms with E-state index in [0.29, 0.717) is 5.02 Å². The number of allylic oxidation sites excluding steroid dienone is 2. The van der Waals surface area contributed by atoms with Crippen LogP contribution in [0.1, 0.15) is 11.1 Å². The molecule has 0 heterocycles. The molecule has 2 heteroatoms. The third-order valence-corrected chi connectivity index (χ3v) is 2.80. The maximum Gasteiger partial charge on any atom is 0.178 e. The Hall–Kier alpha value is -2.12. The average Bonchev–Trinajstić information content (AvgIpc) is 2.45. The minimum atomic E-state index is -0.0428. The molecule has 0 aromatic heterocycles. The highest BCUT2D eigenvalue weighted by Gasteiger charge is 1.91. The van der Waals surface area contributed by atoms with Crippen LogP contribution in [0.2, 0.25) is 5.02 Å². The van der Waals surface area contributed by atoms with Gasteiger partial charge < -0.3 is 0 Å². The lowest BCUT2D eigenvalue weighted by molar-refractivity contribution is -0.110. The van der Waals surface area contributed by atoms with Crippen LogP contribution in [0.4, 0.5) is 0 Å². The number of hydrogen-bond donors (Lipinski definition) is 0. The van der Waals surface area contributed by atoms with Crippen molar-refractivity contribution in [3.8, 4) is 0 Å². The van der Waals surface area contributed by atoms with Crippen LogP contribution < -0.4 is 0 Å². The third-order valence-electron chi connectivity index (χ3n) is 2.55. The number of halogens is 1. The lowest BCUT2D eigenvalue weighted by Crippen LogP contribution is -1.84.